The third-order valence-corrected chi connectivity index (χ3v) is 5.95. The molecule has 1 saturated carbocycles. The van der Waals surface area contributed by atoms with Gasteiger partial charge < -0.3 is 24.5 Å². The summed E-state index contributed by atoms with van der Waals surface area (Å²) in [6.45, 7) is 3.12. The molecular formula is C24H36IN3O3. The Hall–Kier alpha value is -1.74. The largest absolute Gasteiger partial charge is 0.497 e. The Morgan fingerprint density at radius 2 is 1.87 bits per heavy atom. The van der Waals surface area contributed by atoms with Gasteiger partial charge in [0.05, 0.1) is 19.9 Å². The lowest BCUT2D eigenvalue weighted by molar-refractivity contribution is 0.138. The fourth-order valence-corrected chi connectivity index (χ4v) is 4.06. The summed E-state index contributed by atoms with van der Waals surface area (Å²) in [6.07, 6.45) is 8.74. The molecule has 1 heterocycles. The summed E-state index contributed by atoms with van der Waals surface area (Å²) in [6, 6.07) is 12.0. The Balaban J connectivity index is 0.00000341. The minimum atomic E-state index is 0. The topological polar surface area (TPSA) is 68.0 Å². The van der Waals surface area contributed by atoms with E-state index in [0.717, 1.165) is 55.6 Å². The molecule has 6 nitrogen and oxygen atoms in total. The van der Waals surface area contributed by atoms with E-state index in [2.05, 4.69) is 22.8 Å². The number of rotatable bonds is 11. The molecule has 1 aliphatic carbocycles. The highest BCUT2D eigenvalue weighted by Crippen LogP contribution is 2.40. The molecule has 2 aromatic rings. The molecule has 172 valence electrons. The van der Waals surface area contributed by atoms with Gasteiger partial charge in [-0.2, -0.15) is 0 Å². The molecule has 1 aromatic heterocycles. The summed E-state index contributed by atoms with van der Waals surface area (Å²) in [5, 5.41) is 7.08. The van der Waals surface area contributed by atoms with E-state index in [1.807, 2.05) is 24.3 Å². The molecule has 0 saturated heterocycles. The lowest BCUT2D eigenvalue weighted by Gasteiger charge is -2.30. The number of nitrogens with one attached hydrogen (secondary N) is 2. The van der Waals surface area contributed by atoms with Gasteiger partial charge in [0.1, 0.15) is 11.5 Å². The van der Waals surface area contributed by atoms with Crippen molar-refractivity contribution in [1.82, 2.24) is 10.6 Å². The highest BCUT2D eigenvalue weighted by atomic mass is 127. The summed E-state index contributed by atoms with van der Waals surface area (Å²) in [4.78, 5) is 4.83. The van der Waals surface area contributed by atoms with Crippen molar-refractivity contribution in [3.63, 3.8) is 0 Å². The zero-order valence-electron chi connectivity index (χ0n) is 18.7. The lowest BCUT2D eigenvalue weighted by atomic mass is 9.83. The van der Waals surface area contributed by atoms with Crippen molar-refractivity contribution in [3.8, 4) is 5.75 Å². The maximum Gasteiger partial charge on any atom is 0.191 e. The zero-order valence-corrected chi connectivity index (χ0v) is 21.0. The van der Waals surface area contributed by atoms with Gasteiger partial charge in [0, 0.05) is 33.2 Å². The van der Waals surface area contributed by atoms with Gasteiger partial charge in [-0.05, 0) is 54.5 Å². The molecule has 1 aromatic carbocycles. The fourth-order valence-electron chi connectivity index (χ4n) is 4.06. The second-order valence-electron chi connectivity index (χ2n) is 8.07. The Labute approximate surface area is 203 Å². The first-order chi connectivity index (χ1) is 14.7. The smallest absolute Gasteiger partial charge is 0.191 e. The van der Waals surface area contributed by atoms with Crippen LogP contribution in [-0.2, 0) is 17.7 Å². The second kappa shape index (κ2) is 13.6. The molecule has 7 heteroatoms. The number of furan rings is 1. The summed E-state index contributed by atoms with van der Waals surface area (Å²) in [5.41, 5.74) is 1.46. The molecule has 31 heavy (non-hydrogen) atoms. The first-order valence-electron chi connectivity index (χ1n) is 10.9. The SMILES string of the molecule is COCCC1(CNC(=NCc2ccc(OC)cc2)NCCc2ccco2)CCCC1.I. The molecule has 0 aliphatic heterocycles. The number of aliphatic imine (C=N–C) groups is 1. The van der Waals surface area contributed by atoms with E-state index >= 15 is 0 Å². The van der Waals surface area contributed by atoms with Crippen molar-refractivity contribution in [2.24, 2.45) is 10.4 Å². The summed E-state index contributed by atoms with van der Waals surface area (Å²) >= 11 is 0. The maximum atomic E-state index is 5.44. The van der Waals surface area contributed by atoms with E-state index in [1.165, 1.54) is 25.7 Å². The van der Waals surface area contributed by atoms with Crippen LogP contribution >= 0.6 is 24.0 Å². The molecule has 0 amide bonds. The summed E-state index contributed by atoms with van der Waals surface area (Å²) < 4.78 is 16.1. The zero-order chi connectivity index (χ0) is 21.1. The minimum Gasteiger partial charge on any atom is -0.497 e. The van der Waals surface area contributed by atoms with Crippen molar-refractivity contribution in [3.05, 3.63) is 54.0 Å². The van der Waals surface area contributed by atoms with Crippen LogP contribution in [0.2, 0.25) is 0 Å². The van der Waals surface area contributed by atoms with Crippen molar-refractivity contribution < 1.29 is 13.9 Å². The Bertz CT molecular complexity index is 757. The van der Waals surface area contributed by atoms with E-state index in [9.17, 15) is 0 Å². The summed E-state index contributed by atoms with van der Waals surface area (Å²) in [7, 11) is 3.47. The number of methoxy groups -OCH3 is 2. The van der Waals surface area contributed by atoms with Crippen molar-refractivity contribution >= 4 is 29.9 Å². The molecule has 1 fully saturated rings. The number of halogens is 1. The highest BCUT2D eigenvalue weighted by molar-refractivity contribution is 14.0. The van der Waals surface area contributed by atoms with Gasteiger partial charge in [-0.3, -0.25) is 0 Å². The van der Waals surface area contributed by atoms with Crippen LogP contribution in [-0.4, -0.2) is 39.9 Å². The van der Waals surface area contributed by atoms with Crippen molar-refractivity contribution in [1.29, 1.82) is 0 Å². The van der Waals surface area contributed by atoms with Crippen LogP contribution in [0.3, 0.4) is 0 Å². The van der Waals surface area contributed by atoms with Crippen molar-refractivity contribution in [2.75, 3.05) is 33.9 Å². The minimum absolute atomic E-state index is 0. The van der Waals surface area contributed by atoms with Gasteiger partial charge >= 0.3 is 0 Å². The lowest BCUT2D eigenvalue weighted by Crippen LogP contribution is -2.44. The van der Waals surface area contributed by atoms with E-state index in [1.54, 1.807) is 20.5 Å². The molecule has 0 atom stereocenters. The van der Waals surface area contributed by atoms with E-state index < -0.39 is 0 Å². The predicted octanol–water partition coefficient (Wildman–Crippen LogP) is 4.78. The van der Waals surface area contributed by atoms with E-state index in [4.69, 9.17) is 18.9 Å². The fraction of sp³-hybridized carbons (Fsp3) is 0.542. The molecule has 0 unspecified atom stereocenters. The quantitative estimate of drug-likeness (QED) is 0.244. The third-order valence-electron chi connectivity index (χ3n) is 5.95. The van der Waals surface area contributed by atoms with Crippen LogP contribution in [0.1, 0.15) is 43.4 Å². The molecule has 3 rings (SSSR count). The maximum absolute atomic E-state index is 5.44. The Morgan fingerprint density at radius 3 is 2.52 bits per heavy atom. The van der Waals surface area contributed by atoms with Gasteiger partial charge in [0.15, 0.2) is 5.96 Å². The highest BCUT2D eigenvalue weighted by Gasteiger charge is 2.33. The van der Waals surface area contributed by atoms with E-state index in [0.29, 0.717) is 12.0 Å². The number of nitrogens with zero attached hydrogens (tertiary/aromatic N) is 1. The first-order valence-corrected chi connectivity index (χ1v) is 10.9. The number of hydrogen-bond donors (Lipinski definition) is 2. The van der Waals surface area contributed by atoms with E-state index in [-0.39, 0.29) is 24.0 Å². The molecule has 0 bridgehead atoms. The average molecular weight is 541 g/mol. The number of benzene rings is 1. The molecule has 0 spiro atoms. The standard InChI is InChI=1S/C24H35N3O3.HI/c1-28-17-14-24(12-3-4-13-24)19-27-23(25-15-11-22-6-5-16-30-22)26-18-20-7-9-21(29-2)10-8-20;/h5-10,16H,3-4,11-15,17-19H2,1-2H3,(H2,25,26,27);1H. The third kappa shape index (κ3) is 8.37. The molecule has 2 N–H and O–H groups in total. The molecule has 0 radical (unpaired) electrons. The van der Waals surface area contributed by atoms with Gasteiger partial charge in [0.25, 0.3) is 0 Å². The van der Waals surface area contributed by atoms with Gasteiger partial charge in [-0.25, -0.2) is 4.99 Å². The van der Waals surface area contributed by atoms with Crippen LogP contribution in [0.5, 0.6) is 5.75 Å². The van der Waals surface area contributed by atoms with Crippen LogP contribution in [0.15, 0.2) is 52.1 Å². The Morgan fingerprint density at radius 1 is 1.10 bits per heavy atom. The molecule has 1 aliphatic rings. The number of guanidine groups is 1. The van der Waals surface area contributed by atoms with Crippen LogP contribution in [0.25, 0.3) is 0 Å². The molecular weight excluding hydrogens is 505 g/mol. The van der Waals surface area contributed by atoms with Crippen LogP contribution < -0.4 is 15.4 Å². The van der Waals surface area contributed by atoms with Gasteiger partial charge in [-0.15, -0.1) is 24.0 Å². The van der Waals surface area contributed by atoms with Gasteiger partial charge in [-0.1, -0.05) is 25.0 Å². The van der Waals surface area contributed by atoms with Crippen LogP contribution in [0.4, 0.5) is 0 Å². The first kappa shape index (κ1) is 25.5. The van der Waals surface area contributed by atoms with Crippen LogP contribution in [0, 0.1) is 5.41 Å². The number of ether oxygens (including phenoxy) is 2. The van der Waals surface area contributed by atoms with Gasteiger partial charge in [0.2, 0.25) is 0 Å². The normalized spacial score (nSPS) is 15.4. The monoisotopic (exact) mass is 541 g/mol. The average Bonchev–Trinajstić information content (AvgIpc) is 3.47. The Kier molecular flexibility index (Phi) is 11.2. The number of hydrogen-bond acceptors (Lipinski definition) is 4. The van der Waals surface area contributed by atoms with Crippen molar-refractivity contribution in [2.45, 2.75) is 45.1 Å². The predicted molar refractivity (Wildman–Crippen MR) is 135 cm³/mol. The second-order valence-corrected chi connectivity index (χ2v) is 8.07. The summed E-state index contributed by atoms with van der Waals surface area (Å²) in [5.74, 6) is 2.68.